The third-order valence-electron chi connectivity index (χ3n) is 5.62. The van der Waals surface area contributed by atoms with Gasteiger partial charge in [0.15, 0.2) is 0 Å². The van der Waals surface area contributed by atoms with E-state index in [1.54, 1.807) is 23.5 Å². The number of nitrogens with one attached hydrogen (secondary N) is 1. The summed E-state index contributed by atoms with van der Waals surface area (Å²) in [5, 5.41) is 4.63. The van der Waals surface area contributed by atoms with Gasteiger partial charge in [-0.2, -0.15) is 4.98 Å². The second-order valence-electron chi connectivity index (χ2n) is 7.97. The van der Waals surface area contributed by atoms with Gasteiger partial charge in [-0.25, -0.2) is 9.37 Å². The minimum Gasteiger partial charge on any atom is -0.463 e. The molecule has 0 saturated carbocycles. The van der Waals surface area contributed by atoms with Crippen LogP contribution in [0.3, 0.4) is 0 Å². The summed E-state index contributed by atoms with van der Waals surface area (Å²) in [6, 6.07) is 18.2. The van der Waals surface area contributed by atoms with Crippen LogP contribution in [0.4, 0.5) is 16.2 Å². The number of aromatic nitrogens is 2. The molecule has 0 aliphatic rings. The number of anilines is 2. The van der Waals surface area contributed by atoms with Gasteiger partial charge in [-0.3, -0.25) is 0 Å². The lowest BCUT2D eigenvalue weighted by Crippen LogP contribution is -2.19. The second-order valence-corrected chi connectivity index (χ2v) is 9.20. The predicted octanol–water partition coefficient (Wildman–Crippen LogP) is 6.47. The Bertz CT molecular complexity index is 1190. The van der Waals surface area contributed by atoms with Crippen molar-refractivity contribution < 1.29 is 9.13 Å². The third-order valence-corrected chi connectivity index (χ3v) is 6.56. The Hall–Kier alpha value is -3.19. The summed E-state index contributed by atoms with van der Waals surface area (Å²) in [5.41, 5.74) is 3.51. The molecule has 7 heteroatoms. The number of rotatable bonds is 10. The van der Waals surface area contributed by atoms with Crippen LogP contribution in [0.1, 0.15) is 23.8 Å². The van der Waals surface area contributed by atoms with Crippen LogP contribution in [0.25, 0.3) is 21.3 Å². The second kappa shape index (κ2) is 10.6. The van der Waals surface area contributed by atoms with Crippen molar-refractivity contribution in [1.29, 1.82) is 0 Å². The molecule has 33 heavy (non-hydrogen) atoms. The number of ether oxygens (including phenoxy) is 1. The van der Waals surface area contributed by atoms with Crippen molar-refractivity contribution in [2.24, 2.45) is 0 Å². The van der Waals surface area contributed by atoms with Crippen LogP contribution in [-0.2, 0) is 6.42 Å². The van der Waals surface area contributed by atoms with Crippen molar-refractivity contribution in [3.05, 3.63) is 65.0 Å². The fourth-order valence-corrected chi connectivity index (χ4v) is 4.52. The number of alkyl halides is 1. The molecule has 5 nitrogen and oxygen atoms in total. The fraction of sp³-hybridized carbons (Fsp3) is 0.308. The molecule has 0 unspecified atom stereocenters. The van der Waals surface area contributed by atoms with Gasteiger partial charge in [0.25, 0.3) is 0 Å². The van der Waals surface area contributed by atoms with E-state index < -0.39 is 6.86 Å². The molecular weight excluding hydrogens is 435 g/mol. The molecule has 0 aliphatic carbocycles. The quantitative estimate of drug-likeness (QED) is 0.273. The molecule has 2 aromatic carbocycles. The molecule has 0 fully saturated rings. The summed E-state index contributed by atoms with van der Waals surface area (Å²) in [6.45, 7) is 5.10. The third kappa shape index (κ3) is 5.60. The Morgan fingerprint density at radius 3 is 2.39 bits per heavy atom. The van der Waals surface area contributed by atoms with Gasteiger partial charge >= 0.3 is 0 Å². The van der Waals surface area contributed by atoms with E-state index in [1.165, 1.54) is 10.4 Å². The lowest BCUT2D eigenvalue weighted by atomic mass is 10.0. The molecule has 0 amide bonds. The lowest BCUT2D eigenvalue weighted by molar-refractivity contribution is 0.192. The fourth-order valence-electron chi connectivity index (χ4n) is 3.65. The maximum absolute atomic E-state index is 12.3. The van der Waals surface area contributed by atoms with Crippen LogP contribution in [0.5, 0.6) is 5.75 Å². The summed E-state index contributed by atoms with van der Waals surface area (Å²) in [4.78, 5) is 13.8. The Morgan fingerprint density at radius 2 is 1.73 bits per heavy atom. The first-order chi connectivity index (χ1) is 16.1. The van der Waals surface area contributed by atoms with Crippen LogP contribution in [-0.4, -0.2) is 37.0 Å². The zero-order valence-corrected chi connectivity index (χ0v) is 20.1. The number of hydrogen-bond donors (Lipinski definition) is 1. The highest BCUT2D eigenvalue weighted by Crippen LogP contribution is 2.30. The Morgan fingerprint density at radius 1 is 1.03 bits per heavy atom. The maximum atomic E-state index is 12.3. The summed E-state index contributed by atoms with van der Waals surface area (Å²) < 4.78 is 17.1. The average Bonchev–Trinajstić information content (AvgIpc) is 3.22. The number of aryl methyl sites for hydroxylation is 2. The van der Waals surface area contributed by atoms with E-state index in [0.717, 1.165) is 59.0 Å². The molecule has 172 valence electrons. The molecule has 2 heterocycles. The number of hydrogen-bond acceptors (Lipinski definition) is 6. The Balaban J connectivity index is 1.36. The molecular formula is C26H29FN4OS. The molecule has 0 spiro atoms. The summed E-state index contributed by atoms with van der Waals surface area (Å²) in [5.74, 6) is 2.21. The van der Waals surface area contributed by atoms with Gasteiger partial charge in [-0.1, -0.05) is 36.4 Å². The summed E-state index contributed by atoms with van der Waals surface area (Å²) >= 11 is 1.71. The Kier molecular flexibility index (Phi) is 7.40. The van der Waals surface area contributed by atoms with Crippen molar-refractivity contribution in [2.75, 3.05) is 37.2 Å². The minimum absolute atomic E-state index is 0.539. The number of fused-ring (bicyclic) bond motifs is 1. The Labute approximate surface area is 198 Å². The zero-order valence-electron chi connectivity index (χ0n) is 19.3. The first kappa shape index (κ1) is 23.0. The molecule has 0 saturated heterocycles. The molecule has 2 aromatic heterocycles. The molecule has 0 aliphatic heterocycles. The minimum atomic E-state index is -0.811. The SMILES string of the molecule is CCN(C)c1nc(NCCCc2ccc(-c3ccc(OCF)cc3)cc2)c2cc(C)sc2n1. The van der Waals surface area contributed by atoms with Gasteiger partial charge in [0.1, 0.15) is 16.4 Å². The molecule has 4 rings (SSSR count). The first-order valence-electron chi connectivity index (χ1n) is 11.2. The molecule has 1 N–H and O–H groups in total. The molecule has 0 radical (unpaired) electrons. The van der Waals surface area contributed by atoms with E-state index in [4.69, 9.17) is 14.7 Å². The normalized spacial score (nSPS) is 11.0. The zero-order chi connectivity index (χ0) is 23.2. The number of halogens is 1. The van der Waals surface area contributed by atoms with Gasteiger partial charge < -0.3 is 15.0 Å². The standard InChI is InChI=1S/C26H29FN4OS/c1-4-31(3)26-29-24(23-16-18(2)33-25(23)30-26)28-15-5-6-19-7-9-20(10-8-19)21-11-13-22(14-12-21)32-17-27/h7-14,16H,4-6,15,17H2,1-3H3,(H,28,29,30). The first-order valence-corrected chi connectivity index (χ1v) is 12.0. The predicted molar refractivity (Wildman–Crippen MR) is 136 cm³/mol. The lowest BCUT2D eigenvalue weighted by Gasteiger charge is -2.16. The van der Waals surface area contributed by atoms with Gasteiger partial charge in [-0.05, 0) is 61.6 Å². The van der Waals surface area contributed by atoms with Crippen molar-refractivity contribution in [1.82, 2.24) is 9.97 Å². The van der Waals surface area contributed by atoms with Crippen molar-refractivity contribution in [2.45, 2.75) is 26.7 Å². The van der Waals surface area contributed by atoms with E-state index in [9.17, 15) is 4.39 Å². The average molecular weight is 465 g/mol. The van der Waals surface area contributed by atoms with Crippen LogP contribution in [0.15, 0.2) is 54.6 Å². The van der Waals surface area contributed by atoms with Crippen LogP contribution < -0.4 is 15.0 Å². The van der Waals surface area contributed by atoms with Crippen molar-refractivity contribution in [3.63, 3.8) is 0 Å². The van der Waals surface area contributed by atoms with Crippen molar-refractivity contribution >= 4 is 33.3 Å². The van der Waals surface area contributed by atoms with Crippen LogP contribution in [0, 0.1) is 6.92 Å². The van der Waals surface area contributed by atoms with E-state index >= 15 is 0 Å². The highest BCUT2D eigenvalue weighted by atomic mass is 32.1. The van der Waals surface area contributed by atoms with E-state index in [2.05, 4.69) is 54.4 Å². The number of thiophene rings is 1. The number of benzene rings is 2. The molecule has 4 aromatic rings. The van der Waals surface area contributed by atoms with Gasteiger partial charge in [0, 0.05) is 25.0 Å². The smallest absolute Gasteiger partial charge is 0.228 e. The van der Waals surface area contributed by atoms with E-state index in [-0.39, 0.29) is 0 Å². The number of nitrogens with zero attached hydrogens (tertiary/aromatic N) is 3. The largest absolute Gasteiger partial charge is 0.463 e. The molecule has 0 atom stereocenters. The van der Waals surface area contributed by atoms with Gasteiger partial charge in [0.05, 0.1) is 5.39 Å². The molecule has 0 bridgehead atoms. The highest BCUT2D eigenvalue weighted by Gasteiger charge is 2.12. The maximum Gasteiger partial charge on any atom is 0.228 e. The monoisotopic (exact) mass is 464 g/mol. The van der Waals surface area contributed by atoms with Gasteiger partial charge in [-0.15, -0.1) is 11.3 Å². The highest BCUT2D eigenvalue weighted by molar-refractivity contribution is 7.18. The topological polar surface area (TPSA) is 50.3 Å². The summed E-state index contributed by atoms with van der Waals surface area (Å²) in [6.07, 6.45) is 1.98. The van der Waals surface area contributed by atoms with E-state index in [1.807, 2.05) is 19.2 Å². The van der Waals surface area contributed by atoms with Crippen LogP contribution >= 0.6 is 11.3 Å². The van der Waals surface area contributed by atoms with Gasteiger partial charge in [0.2, 0.25) is 12.8 Å². The van der Waals surface area contributed by atoms with Crippen molar-refractivity contribution in [3.8, 4) is 16.9 Å². The summed E-state index contributed by atoms with van der Waals surface area (Å²) in [7, 11) is 2.02. The van der Waals surface area contributed by atoms with E-state index in [0.29, 0.717) is 5.75 Å². The van der Waals surface area contributed by atoms with Crippen LogP contribution in [0.2, 0.25) is 0 Å².